The lowest BCUT2D eigenvalue weighted by Crippen LogP contribution is -2.36. The van der Waals surface area contributed by atoms with Crippen molar-refractivity contribution in [3.63, 3.8) is 0 Å². The monoisotopic (exact) mass is 224 g/mol. The second-order valence-electron chi connectivity index (χ2n) is 6.07. The van der Waals surface area contributed by atoms with Gasteiger partial charge in [0.25, 0.3) is 0 Å². The third kappa shape index (κ3) is 3.46. The van der Waals surface area contributed by atoms with Crippen LogP contribution in [-0.4, -0.2) is 37.6 Å². The first-order chi connectivity index (χ1) is 7.75. The molecule has 0 saturated carbocycles. The molecule has 2 aliphatic rings. The highest BCUT2D eigenvalue weighted by Crippen LogP contribution is 2.25. The Bertz CT molecular complexity index is 189. The zero-order chi connectivity index (χ0) is 11.4. The SMILES string of the molecule is CC(C)C1CCN(CC[C@H]2CCNC2)CC1. The molecule has 0 aromatic heterocycles. The van der Waals surface area contributed by atoms with E-state index in [0.29, 0.717) is 0 Å². The molecule has 94 valence electrons. The minimum Gasteiger partial charge on any atom is -0.316 e. The second kappa shape index (κ2) is 6.02. The van der Waals surface area contributed by atoms with E-state index in [9.17, 15) is 0 Å². The lowest BCUT2D eigenvalue weighted by Gasteiger charge is -2.34. The first-order valence-corrected chi connectivity index (χ1v) is 7.19. The molecule has 2 saturated heterocycles. The number of hydrogen-bond acceptors (Lipinski definition) is 2. The van der Waals surface area contributed by atoms with Crippen molar-refractivity contribution in [2.75, 3.05) is 32.7 Å². The van der Waals surface area contributed by atoms with E-state index in [1.54, 1.807) is 0 Å². The molecule has 2 aliphatic heterocycles. The van der Waals surface area contributed by atoms with Gasteiger partial charge in [-0.1, -0.05) is 13.8 Å². The number of hydrogen-bond donors (Lipinski definition) is 1. The molecular weight excluding hydrogens is 196 g/mol. The molecule has 0 amide bonds. The zero-order valence-electron chi connectivity index (χ0n) is 11.0. The van der Waals surface area contributed by atoms with Crippen molar-refractivity contribution in [2.24, 2.45) is 17.8 Å². The maximum absolute atomic E-state index is 3.46. The Morgan fingerprint density at radius 1 is 1.19 bits per heavy atom. The minimum absolute atomic E-state index is 0.890. The first kappa shape index (κ1) is 12.4. The number of nitrogens with one attached hydrogen (secondary N) is 1. The molecule has 0 unspecified atom stereocenters. The average molecular weight is 224 g/mol. The number of likely N-dealkylation sites (tertiary alicyclic amines) is 1. The van der Waals surface area contributed by atoms with Crippen molar-refractivity contribution in [1.29, 1.82) is 0 Å². The van der Waals surface area contributed by atoms with Crippen LogP contribution in [0.2, 0.25) is 0 Å². The van der Waals surface area contributed by atoms with Gasteiger partial charge in [-0.2, -0.15) is 0 Å². The quantitative estimate of drug-likeness (QED) is 0.788. The van der Waals surface area contributed by atoms with Crippen LogP contribution < -0.4 is 5.32 Å². The van der Waals surface area contributed by atoms with Crippen molar-refractivity contribution < 1.29 is 0 Å². The minimum atomic E-state index is 0.890. The standard InChI is InChI=1S/C14H28N2/c1-12(2)14-5-9-16(10-6-14)8-4-13-3-7-15-11-13/h12-15H,3-11H2,1-2H3/t13-/m1/s1. The topological polar surface area (TPSA) is 15.3 Å². The Labute approximate surface area is 101 Å². The summed E-state index contributed by atoms with van der Waals surface area (Å²) in [6.45, 7) is 11.3. The summed E-state index contributed by atoms with van der Waals surface area (Å²) in [7, 11) is 0. The van der Waals surface area contributed by atoms with Gasteiger partial charge in [-0.3, -0.25) is 0 Å². The Morgan fingerprint density at radius 3 is 2.50 bits per heavy atom. The van der Waals surface area contributed by atoms with Gasteiger partial charge in [-0.15, -0.1) is 0 Å². The van der Waals surface area contributed by atoms with Crippen molar-refractivity contribution in [1.82, 2.24) is 10.2 Å². The molecule has 2 nitrogen and oxygen atoms in total. The van der Waals surface area contributed by atoms with Gasteiger partial charge in [0.1, 0.15) is 0 Å². The van der Waals surface area contributed by atoms with E-state index in [0.717, 1.165) is 17.8 Å². The Balaban J connectivity index is 1.61. The van der Waals surface area contributed by atoms with Gasteiger partial charge >= 0.3 is 0 Å². The van der Waals surface area contributed by atoms with Crippen LogP contribution in [0, 0.1) is 17.8 Å². The fourth-order valence-electron chi connectivity index (χ4n) is 3.17. The molecule has 2 rings (SSSR count). The molecule has 0 aromatic rings. The molecule has 16 heavy (non-hydrogen) atoms. The van der Waals surface area contributed by atoms with Crippen molar-refractivity contribution >= 4 is 0 Å². The highest BCUT2D eigenvalue weighted by atomic mass is 15.1. The van der Waals surface area contributed by atoms with Gasteiger partial charge in [0.15, 0.2) is 0 Å². The lowest BCUT2D eigenvalue weighted by atomic mass is 9.86. The smallest absolute Gasteiger partial charge is 0.00156 e. The summed E-state index contributed by atoms with van der Waals surface area (Å²) in [5.41, 5.74) is 0. The van der Waals surface area contributed by atoms with Crippen LogP contribution in [0.15, 0.2) is 0 Å². The zero-order valence-corrected chi connectivity index (χ0v) is 11.0. The van der Waals surface area contributed by atoms with Gasteiger partial charge < -0.3 is 10.2 Å². The van der Waals surface area contributed by atoms with E-state index in [2.05, 4.69) is 24.1 Å². The van der Waals surface area contributed by atoms with E-state index >= 15 is 0 Å². The molecule has 0 bridgehead atoms. The molecule has 0 aliphatic carbocycles. The highest BCUT2D eigenvalue weighted by molar-refractivity contribution is 4.77. The van der Waals surface area contributed by atoms with E-state index in [1.807, 2.05) is 0 Å². The largest absolute Gasteiger partial charge is 0.316 e. The maximum atomic E-state index is 3.46. The summed E-state index contributed by atoms with van der Waals surface area (Å²) >= 11 is 0. The van der Waals surface area contributed by atoms with Gasteiger partial charge in [-0.25, -0.2) is 0 Å². The molecule has 1 atom stereocenters. The summed E-state index contributed by atoms with van der Waals surface area (Å²) in [6.07, 6.45) is 5.68. The van der Waals surface area contributed by atoms with Gasteiger partial charge in [0.05, 0.1) is 0 Å². The number of piperidine rings is 1. The van der Waals surface area contributed by atoms with Gasteiger partial charge in [-0.05, 0) is 76.2 Å². The van der Waals surface area contributed by atoms with E-state index in [-0.39, 0.29) is 0 Å². The number of nitrogens with zero attached hydrogens (tertiary/aromatic N) is 1. The average Bonchev–Trinajstić information content (AvgIpc) is 2.80. The summed E-state index contributed by atoms with van der Waals surface area (Å²) in [6, 6.07) is 0. The van der Waals surface area contributed by atoms with Gasteiger partial charge in [0.2, 0.25) is 0 Å². The Kier molecular flexibility index (Phi) is 4.66. The van der Waals surface area contributed by atoms with E-state index in [4.69, 9.17) is 0 Å². The third-order valence-electron chi connectivity index (χ3n) is 4.59. The van der Waals surface area contributed by atoms with Crippen molar-refractivity contribution in [3.05, 3.63) is 0 Å². The summed E-state index contributed by atoms with van der Waals surface area (Å²) in [5, 5.41) is 3.46. The maximum Gasteiger partial charge on any atom is -0.00156 e. The molecule has 0 radical (unpaired) electrons. The highest BCUT2D eigenvalue weighted by Gasteiger charge is 2.22. The molecule has 0 spiro atoms. The van der Waals surface area contributed by atoms with Crippen LogP contribution >= 0.6 is 0 Å². The van der Waals surface area contributed by atoms with Crippen LogP contribution in [0.4, 0.5) is 0 Å². The molecule has 1 N–H and O–H groups in total. The lowest BCUT2D eigenvalue weighted by molar-refractivity contribution is 0.151. The fraction of sp³-hybridized carbons (Fsp3) is 1.00. The van der Waals surface area contributed by atoms with Crippen LogP contribution in [0.3, 0.4) is 0 Å². The number of rotatable bonds is 4. The molecular formula is C14H28N2. The first-order valence-electron chi connectivity index (χ1n) is 7.19. The molecule has 2 fully saturated rings. The summed E-state index contributed by atoms with van der Waals surface area (Å²) in [5.74, 6) is 2.84. The second-order valence-corrected chi connectivity index (χ2v) is 6.07. The molecule has 2 heteroatoms. The van der Waals surface area contributed by atoms with E-state index in [1.165, 1.54) is 58.4 Å². The normalized spacial score (nSPS) is 29.1. The summed E-state index contributed by atoms with van der Waals surface area (Å²) in [4.78, 5) is 2.69. The third-order valence-corrected chi connectivity index (χ3v) is 4.59. The van der Waals surface area contributed by atoms with Crippen molar-refractivity contribution in [2.45, 2.75) is 39.5 Å². The van der Waals surface area contributed by atoms with Gasteiger partial charge in [0, 0.05) is 0 Å². The Morgan fingerprint density at radius 2 is 1.94 bits per heavy atom. The fourth-order valence-corrected chi connectivity index (χ4v) is 3.17. The predicted molar refractivity (Wildman–Crippen MR) is 69.6 cm³/mol. The Hall–Kier alpha value is -0.0800. The molecule has 2 heterocycles. The van der Waals surface area contributed by atoms with Crippen molar-refractivity contribution in [3.8, 4) is 0 Å². The van der Waals surface area contributed by atoms with Crippen LogP contribution in [-0.2, 0) is 0 Å². The van der Waals surface area contributed by atoms with Crippen LogP contribution in [0.1, 0.15) is 39.5 Å². The predicted octanol–water partition coefficient (Wildman–Crippen LogP) is 2.35. The van der Waals surface area contributed by atoms with Crippen LogP contribution in [0.25, 0.3) is 0 Å². The molecule has 0 aromatic carbocycles. The van der Waals surface area contributed by atoms with E-state index < -0.39 is 0 Å². The summed E-state index contributed by atoms with van der Waals surface area (Å²) < 4.78 is 0. The van der Waals surface area contributed by atoms with Crippen LogP contribution in [0.5, 0.6) is 0 Å².